The fourth-order valence-corrected chi connectivity index (χ4v) is 4.65. The molecule has 2 unspecified atom stereocenters. The van der Waals surface area contributed by atoms with Gasteiger partial charge in [-0.1, -0.05) is 6.07 Å². The first-order valence-corrected chi connectivity index (χ1v) is 8.82. The van der Waals surface area contributed by atoms with Crippen molar-refractivity contribution in [1.82, 2.24) is 5.32 Å². The quantitative estimate of drug-likeness (QED) is 0.833. The average Bonchev–Trinajstić information content (AvgIpc) is 2.71. The highest BCUT2D eigenvalue weighted by molar-refractivity contribution is 7.91. The number of carbonyl (C=O) groups is 1. The zero-order valence-electron chi connectivity index (χ0n) is 12.1. The van der Waals surface area contributed by atoms with Crippen LogP contribution < -0.4 is 15.5 Å². The first-order chi connectivity index (χ1) is 9.91. The van der Waals surface area contributed by atoms with E-state index in [1.54, 1.807) is 7.05 Å². The van der Waals surface area contributed by atoms with Crippen molar-refractivity contribution < 1.29 is 13.2 Å². The lowest BCUT2D eigenvalue weighted by molar-refractivity contribution is -0.117. The topological polar surface area (TPSA) is 78.5 Å². The van der Waals surface area contributed by atoms with Crippen LogP contribution in [0.4, 0.5) is 11.4 Å². The van der Waals surface area contributed by atoms with Crippen LogP contribution in [0.1, 0.15) is 18.5 Å². The van der Waals surface area contributed by atoms with E-state index in [1.807, 2.05) is 25.1 Å². The molecule has 1 aromatic rings. The molecule has 21 heavy (non-hydrogen) atoms. The second-order valence-corrected chi connectivity index (χ2v) is 7.87. The van der Waals surface area contributed by atoms with Crippen LogP contribution in [-0.2, 0) is 14.6 Å². The maximum atomic E-state index is 11.8. The third kappa shape index (κ3) is 2.51. The first kappa shape index (κ1) is 14.3. The van der Waals surface area contributed by atoms with Gasteiger partial charge >= 0.3 is 0 Å². The molecule has 1 saturated heterocycles. The maximum absolute atomic E-state index is 11.8. The molecule has 0 radical (unpaired) electrons. The van der Waals surface area contributed by atoms with Crippen LogP contribution in [0.15, 0.2) is 18.2 Å². The number of nitrogens with one attached hydrogen (secondary N) is 2. The Bertz CT molecular complexity index is 687. The van der Waals surface area contributed by atoms with Crippen LogP contribution in [0.3, 0.4) is 0 Å². The molecule has 2 aliphatic rings. The normalized spacial score (nSPS) is 27.3. The van der Waals surface area contributed by atoms with E-state index in [0.717, 1.165) is 16.9 Å². The van der Waals surface area contributed by atoms with E-state index in [9.17, 15) is 13.2 Å². The second kappa shape index (κ2) is 4.99. The van der Waals surface area contributed by atoms with Gasteiger partial charge in [0.1, 0.15) is 6.04 Å². The third-order valence-electron chi connectivity index (χ3n) is 4.16. The van der Waals surface area contributed by atoms with Crippen molar-refractivity contribution in [3.63, 3.8) is 0 Å². The molecule has 6 nitrogen and oxygen atoms in total. The van der Waals surface area contributed by atoms with Gasteiger partial charge in [-0.25, -0.2) is 8.42 Å². The Morgan fingerprint density at radius 2 is 2.14 bits per heavy atom. The zero-order valence-corrected chi connectivity index (χ0v) is 12.9. The predicted octanol–water partition coefficient (Wildman–Crippen LogP) is 0.523. The molecular weight excluding hydrogens is 290 g/mol. The van der Waals surface area contributed by atoms with Gasteiger partial charge in [0, 0.05) is 29.5 Å². The van der Waals surface area contributed by atoms with E-state index in [2.05, 4.69) is 15.5 Å². The van der Waals surface area contributed by atoms with Crippen LogP contribution in [0.5, 0.6) is 0 Å². The van der Waals surface area contributed by atoms with Gasteiger partial charge in [-0.2, -0.15) is 0 Å². The number of rotatable bonds is 2. The number of sulfone groups is 1. The SMILES string of the molecule is CNC1C(=O)Nc2cc(N3CCS(=O)(=O)CC3C)ccc21. The van der Waals surface area contributed by atoms with Gasteiger partial charge in [0.2, 0.25) is 5.91 Å². The molecule has 0 bridgehead atoms. The highest BCUT2D eigenvalue weighted by Crippen LogP contribution is 2.34. The van der Waals surface area contributed by atoms with Gasteiger partial charge in [0.05, 0.1) is 11.5 Å². The Hall–Kier alpha value is -1.60. The summed E-state index contributed by atoms with van der Waals surface area (Å²) >= 11 is 0. The summed E-state index contributed by atoms with van der Waals surface area (Å²) in [7, 11) is -1.17. The number of benzene rings is 1. The van der Waals surface area contributed by atoms with E-state index < -0.39 is 9.84 Å². The zero-order chi connectivity index (χ0) is 15.2. The number of nitrogens with zero attached hydrogens (tertiary/aromatic N) is 1. The summed E-state index contributed by atoms with van der Waals surface area (Å²) < 4.78 is 23.3. The Morgan fingerprint density at radius 1 is 1.38 bits per heavy atom. The van der Waals surface area contributed by atoms with E-state index in [1.165, 1.54) is 0 Å². The lowest BCUT2D eigenvalue weighted by atomic mass is 10.1. The number of hydrogen-bond acceptors (Lipinski definition) is 5. The standard InChI is InChI=1S/C14H19N3O3S/c1-9-8-21(19,20)6-5-17(9)10-3-4-11-12(7-10)16-14(18)13(11)15-2/h3-4,7,9,13,15H,5-6,8H2,1-2H3,(H,16,18). The van der Waals surface area contributed by atoms with E-state index in [4.69, 9.17) is 0 Å². The van der Waals surface area contributed by atoms with E-state index in [-0.39, 0.29) is 29.5 Å². The molecular formula is C14H19N3O3S. The fourth-order valence-electron chi connectivity index (χ4n) is 3.10. The lowest BCUT2D eigenvalue weighted by Crippen LogP contribution is -2.47. The number of carbonyl (C=O) groups excluding carboxylic acids is 1. The lowest BCUT2D eigenvalue weighted by Gasteiger charge is -2.35. The average molecular weight is 309 g/mol. The molecule has 114 valence electrons. The molecule has 0 aromatic heterocycles. The largest absolute Gasteiger partial charge is 0.367 e. The minimum Gasteiger partial charge on any atom is -0.367 e. The summed E-state index contributed by atoms with van der Waals surface area (Å²) in [6.07, 6.45) is 0. The summed E-state index contributed by atoms with van der Waals surface area (Å²) in [6, 6.07) is 5.45. The van der Waals surface area contributed by atoms with Crippen LogP contribution in [0.2, 0.25) is 0 Å². The summed E-state index contributed by atoms with van der Waals surface area (Å²) in [6.45, 7) is 2.41. The van der Waals surface area contributed by atoms with Crippen molar-refractivity contribution >= 4 is 27.1 Å². The molecule has 2 atom stereocenters. The van der Waals surface area contributed by atoms with Gasteiger partial charge in [-0.15, -0.1) is 0 Å². The van der Waals surface area contributed by atoms with Crippen LogP contribution in [0, 0.1) is 0 Å². The van der Waals surface area contributed by atoms with Crippen LogP contribution in [-0.4, -0.2) is 45.5 Å². The van der Waals surface area contributed by atoms with Crippen molar-refractivity contribution in [1.29, 1.82) is 0 Å². The summed E-state index contributed by atoms with van der Waals surface area (Å²) in [5.74, 6) is 0.300. The van der Waals surface area contributed by atoms with Gasteiger partial charge in [0.25, 0.3) is 0 Å². The molecule has 0 saturated carbocycles. The van der Waals surface area contributed by atoms with Crippen molar-refractivity contribution in [3.05, 3.63) is 23.8 Å². The summed E-state index contributed by atoms with van der Waals surface area (Å²) in [5, 5.41) is 5.85. The first-order valence-electron chi connectivity index (χ1n) is 7.00. The molecule has 2 N–H and O–H groups in total. The minimum absolute atomic E-state index is 0.0565. The summed E-state index contributed by atoms with van der Waals surface area (Å²) in [5.41, 5.74) is 2.69. The molecule has 1 amide bonds. The molecule has 7 heteroatoms. The van der Waals surface area contributed by atoms with Crippen molar-refractivity contribution in [2.75, 3.05) is 35.3 Å². The maximum Gasteiger partial charge on any atom is 0.246 e. The van der Waals surface area contributed by atoms with Gasteiger partial charge in [-0.05, 0) is 26.1 Å². The van der Waals surface area contributed by atoms with Crippen molar-refractivity contribution in [3.8, 4) is 0 Å². The molecule has 1 fully saturated rings. The summed E-state index contributed by atoms with van der Waals surface area (Å²) in [4.78, 5) is 13.9. The molecule has 0 spiro atoms. The molecule has 2 heterocycles. The number of likely N-dealkylation sites (N-methyl/N-ethyl adjacent to an activating group) is 1. The smallest absolute Gasteiger partial charge is 0.246 e. The Balaban J connectivity index is 1.89. The van der Waals surface area contributed by atoms with Crippen molar-refractivity contribution in [2.24, 2.45) is 0 Å². The Morgan fingerprint density at radius 3 is 2.81 bits per heavy atom. The van der Waals surface area contributed by atoms with E-state index in [0.29, 0.717) is 6.54 Å². The Labute approximate surface area is 124 Å². The molecule has 3 rings (SSSR count). The fraction of sp³-hybridized carbons (Fsp3) is 0.500. The number of anilines is 2. The number of amides is 1. The molecule has 0 aliphatic carbocycles. The van der Waals surface area contributed by atoms with Gasteiger partial charge < -0.3 is 15.5 Å². The molecule has 1 aromatic carbocycles. The van der Waals surface area contributed by atoms with Crippen LogP contribution in [0.25, 0.3) is 0 Å². The van der Waals surface area contributed by atoms with Crippen molar-refractivity contribution in [2.45, 2.75) is 19.0 Å². The number of hydrogen-bond donors (Lipinski definition) is 2. The third-order valence-corrected chi connectivity index (χ3v) is 5.95. The van der Waals surface area contributed by atoms with Gasteiger partial charge in [0.15, 0.2) is 9.84 Å². The monoisotopic (exact) mass is 309 g/mol. The van der Waals surface area contributed by atoms with Crippen LogP contribution >= 0.6 is 0 Å². The molecule has 2 aliphatic heterocycles. The Kier molecular flexibility index (Phi) is 3.41. The highest BCUT2D eigenvalue weighted by atomic mass is 32.2. The van der Waals surface area contributed by atoms with E-state index >= 15 is 0 Å². The van der Waals surface area contributed by atoms with Gasteiger partial charge in [-0.3, -0.25) is 4.79 Å². The second-order valence-electron chi connectivity index (χ2n) is 5.64. The predicted molar refractivity (Wildman–Crippen MR) is 82.3 cm³/mol. The minimum atomic E-state index is -2.93. The highest BCUT2D eigenvalue weighted by Gasteiger charge is 2.32. The number of fused-ring (bicyclic) bond motifs is 1.